The zero-order valence-electron chi connectivity index (χ0n) is 14.1. The smallest absolute Gasteiger partial charge is 0.270 e. The Kier molecular flexibility index (Phi) is 4.48. The molecule has 2 heterocycles. The molecule has 1 aromatic carbocycles. The number of amides is 1. The SMILES string of the molecule is O=C(NCc1cccc(OCC2CC2)c1F)c1ccc2ncccc2n1. The Morgan fingerprint density at radius 3 is 2.88 bits per heavy atom. The van der Waals surface area contributed by atoms with E-state index in [1.807, 2.05) is 0 Å². The van der Waals surface area contributed by atoms with Crippen LogP contribution in [-0.2, 0) is 6.54 Å². The molecule has 0 saturated heterocycles. The Bertz CT molecular complexity index is 957. The summed E-state index contributed by atoms with van der Waals surface area (Å²) in [5.74, 6) is -0.00615. The van der Waals surface area contributed by atoms with E-state index in [2.05, 4.69) is 15.3 Å². The minimum atomic E-state index is -0.427. The molecule has 0 aliphatic heterocycles. The number of fused-ring (bicyclic) bond motifs is 1. The van der Waals surface area contributed by atoms with Crippen LogP contribution in [0.2, 0.25) is 0 Å². The highest BCUT2D eigenvalue weighted by Crippen LogP contribution is 2.30. The van der Waals surface area contributed by atoms with Crippen molar-refractivity contribution in [2.75, 3.05) is 6.61 Å². The van der Waals surface area contributed by atoms with Crippen molar-refractivity contribution in [3.8, 4) is 5.75 Å². The molecule has 4 rings (SSSR count). The Labute approximate surface area is 150 Å². The number of rotatable bonds is 6. The van der Waals surface area contributed by atoms with Crippen molar-refractivity contribution >= 4 is 16.9 Å². The number of nitrogens with zero attached hydrogens (tertiary/aromatic N) is 2. The molecular formula is C20H18FN3O2. The van der Waals surface area contributed by atoms with Crippen LogP contribution >= 0.6 is 0 Å². The van der Waals surface area contributed by atoms with Crippen LogP contribution in [0.25, 0.3) is 11.0 Å². The van der Waals surface area contributed by atoms with Gasteiger partial charge in [-0.3, -0.25) is 9.78 Å². The maximum atomic E-state index is 14.5. The number of ether oxygens (including phenoxy) is 1. The van der Waals surface area contributed by atoms with Gasteiger partial charge in [0.05, 0.1) is 17.6 Å². The van der Waals surface area contributed by atoms with E-state index in [-0.39, 0.29) is 23.9 Å². The summed E-state index contributed by atoms with van der Waals surface area (Å²) in [4.78, 5) is 20.8. The summed E-state index contributed by atoms with van der Waals surface area (Å²) >= 11 is 0. The summed E-state index contributed by atoms with van der Waals surface area (Å²) in [5.41, 5.74) is 2.01. The molecule has 1 N–H and O–H groups in total. The summed E-state index contributed by atoms with van der Waals surface area (Å²) in [6, 6.07) is 11.9. The van der Waals surface area contributed by atoms with Crippen LogP contribution in [0.15, 0.2) is 48.7 Å². The molecule has 2 aromatic heterocycles. The summed E-state index contributed by atoms with van der Waals surface area (Å²) in [6.45, 7) is 0.611. The third-order valence-corrected chi connectivity index (χ3v) is 4.34. The second kappa shape index (κ2) is 7.07. The molecule has 1 aliphatic carbocycles. The van der Waals surface area contributed by atoms with Gasteiger partial charge in [-0.1, -0.05) is 12.1 Å². The molecule has 0 unspecified atom stereocenters. The predicted octanol–water partition coefficient (Wildman–Crippen LogP) is 3.49. The van der Waals surface area contributed by atoms with E-state index in [9.17, 15) is 9.18 Å². The highest BCUT2D eigenvalue weighted by atomic mass is 19.1. The van der Waals surface area contributed by atoms with Crippen molar-refractivity contribution in [3.63, 3.8) is 0 Å². The molecule has 3 aromatic rings. The Hall–Kier alpha value is -3.02. The second-order valence-electron chi connectivity index (χ2n) is 6.40. The lowest BCUT2D eigenvalue weighted by Gasteiger charge is -2.11. The monoisotopic (exact) mass is 351 g/mol. The number of pyridine rings is 2. The molecule has 0 spiro atoms. The zero-order valence-corrected chi connectivity index (χ0v) is 14.1. The van der Waals surface area contributed by atoms with Crippen LogP contribution in [-0.4, -0.2) is 22.5 Å². The van der Waals surface area contributed by atoms with Crippen LogP contribution in [0.3, 0.4) is 0 Å². The number of hydrogen-bond donors (Lipinski definition) is 1. The van der Waals surface area contributed by atoms with E-state index in [0.717, 1.165) is 18.4 Å². The van der Waals surface area contributed by atoms with Crippen molar-refractivity contribution in [1.29, 1.82) is 0 Å². The molecule has 1 aliphatic rings. The summed E-state index contributed by atoms with van der Waals surface area (Å²) in [5, 5.41) is 2.71. The Morgan fingerprint density at radius 2 is 2.04 bits per heavy atom. The fourth-order valence-corrected chi connectivity index (χ4v) is 2.65. The average Bonchev–Trinajstić information content (AvgIpc) is 3.50. The average molecular weight is 351 g/mol. The Balaban J connectivity index is 1.43. The summed E-state index contributed by atoms with van der Waals surface area (Å²) in [6.07, 6.45) is 3.96. The van der Waals surface area contributed by atoms with E-state index in [1.54, 1.807) is 48.7 Å². The number of aromatic nitrogens is 2. The van der Waals surface area contributed by atoms with Gasteiger partial charge in [-0.25, -0.2) is 9.37 Å². The molecule has 0 atom stereocenters. The van der Waals surface area contributed by atoms with E-state index in [4.69, 9.17) is 4.74 Å². The standard InChI is InChI=1S/C20H18FN3O2/c21-19-14(3-1-5-18(19)26-12-13-6-7-13)11-23-20(25)17-9-8-15-16(24-17)4-2-10-22-15/h1-5,8-10,13H,6-7,11-12H2,(H,23,25). The van der Waals surface area contributed by atoms with Gasteiger partial charge >= 0.3 is 0 Å². The van der Waals surface area contributed by atoms with Gasteiger partial charge < -0.3 is 10.1 Å². The van der Waals surface area contributed by atoms with Crippen LogP contribution < -0.4 is 10.1 Å². The number of halogens is 1. The largest absolute Gasteiger partial charge is 0.490 e. The first-order valence-electron chi connectivity index (χ1n) is 8.61. The maximum absolute atomic E-state index is 14.5. The quantitative estimate of drug-likeness (QED) is 0.738. The number of carbonyl (C=O) groups is 1. The number of benzene rings is 1. The molecule has 132 valence electrons. The highest BCUT2D eigenvalue weighted by molar-refractivity contribution is 5.94. The summed E-state index contributed by atoms with van der Waals surface area (Å²) in [7, 11) is 0. The van der Waals surface area contributed by atoms with E-state index >= 15 is 0 Å². The third kappa shape index (κ3) is 3.64. The van der Waals surface area contributed by atoms with Gasteiger partial charge in [-0.05, 0) is 49.1 Å². The molecule has 0 radical (unpaired) electrons. The van der Waals surface area contributed by atoms with Crippen LogP contribution in [0.4, 0.5) is 4.39 Å². The van der Waals surface area contributed by atoms with Crippen LogP contribution in [0, 0.1) is 11.7 Å². The topological polar surface area (TPSA) is 64.1 Å². The fraction of sp³-hybridized carbons (Fsp3) is 0.250. The predicted molar refractivity (Wildman–Crippen MR) is 95.3 cm³/mol. The first-order valence-corrected chi connectivity index (χ1v) is 8.61. The first kappa shape index (κ1) is 16.4. The number of nitrogens with one attached hydrogen (secondary N) is 1. The summed E-state index contributed by atoms with van der Waals surface area (Å²) < 4.78 is 20.0. The molecule has 1 fully saturated rings. The van der Waals surface area contributed by atoms with Crippen molar-refractivity contribution in [2.24, 2.45) is 5.92 Å². The highest BCUT2D eigenvalue weighted by Gasteiger charge is 2.22. The maximum Gasteiger partial charge on any atom is 0.270 e. The molecule has 0 bridgehead atoms. The Morgan fingerprint density at radius 1 is 1.15 bits per heavy atom. The molecule has 26 heavy (non-hydrogen) atoms. The van der Waals surface area contributed by atoms with E-state index < -0.39 is 5.82 Å². The lowest BCUT2D eigenvalue weighted by Crippen LogP contribution is -2.24. The molecule has 1 saturated carbocycles. The first-order chi connectivity index (χ1) is 12.7. The van der Waals surface area contributed by atoms with Crippen LogP contribution in [0.1, 0.15) is 28.9 Å². The second-order valence-corrected chi connectivity index (χ2v) is 6.40. The van der Waals surface area contributed by atoms with Crippen LogP contribution in [0.5, 0.6) is 5.75 Å². The van der Waals surface area contributed by atoms with Crippen molar-refractivity contribution in [3.05, 3.63) is 65.7 Å². The number of carbonyl (C=O) groups excluding carboxylic acids is 1. The van der Waals surface area contributed by atoms with Gasteiger partial charge in [0, 0.05) is 18.3 Å². The van der Waals surface area contributed by atoms with Crippen molar-refractivity contribution < 1.29 is 13.9 Å². The molecule has 6 heteroatoms. The van der Waals surface area contributed by atoms with Gasteiger partial charge in [0.2, 0.25) is 0 Å². The van der Waals surface area contributed by atoms with Gasteiger partial charge in [-0.2, -0.15) is 0 Å². The van der Waals surface area contributed by atoms with E-state index in [0.29, 0.717) is 23.6 Å². The van der Waals surface area contributed by atoms with Gasteiger partial charge in [0.1, 0.15) is 5.69 Å². The third-order valence-electron chi connectivity index (χ3n) is 4.34. The number of hydrogen-bond acceptors (Lipinski definition) is 4. The molecule has 1 amide bonds. The molecular weight excluding hydrogens is 333 g/mol. The minimum Gasteiger partial charge on any atom is -0.490 e. The molecule has 5 nitrogen and oxygen atoms in total. The van der Waals surface area contributed by atoms with Gasteiger partial charge in [0.15, 0.2) is 11.6 Å². The van der Waals surface area contributed by atoms with Gasteiger partial charge in [0.25, 0.3) is 5.91 Å². The van der Waals surface area contributed by atoms with Gasteiger partial charge in [-0.15, -0.1) is 0 Å². The normalized spacial score (nSPS) is 13.6. The van der Waals surface area contributed by atoms with Crippen molar-refractivity contribution in [1.82, 2.24) is 15.3 Å². The fourth-order valence-electron chi connectivity index (χ4n) is 2.65. The lowest BCUT2D eigenvalue weighted by atomic mass is 10.2. The zero-order chi connectivity index (χ0) is 17.9. The lowest BCUT2D eigenvalue weighted by molar-refractivity contribution is 0.0946. The minimum absolute atomic E-state index is 0.0675. The van der Waals surface area contributed by atoms with Crippen molar-refractivity contribution in [2.45, 2.75) is 19.4 Å². The van der Waals surface area contributed by atoms with E-state index in [1.165, 1.54) is 0 Å².